The average molecular weight is 402 g/mol. The van der Waals surface area contributed by atoms with E-state index in [1.807, 2.05) is 18.2 Å². The standard InChI is InChI=1S/C19H19N3O3S2/c1-27(24,25)17-9-5-2-6-14(17)18(23)21-10-12-22(13-11-21)19-20-15-7-3-4-8-16(15)26-19/h2-9H,10-13H2,1H3. The summed E-state index contributed by atoms with van der Waals surface area (Å²) in [7, 11) is -3.45. The second-order valence-electron chi connectivity index (χ2n) is 6.51. The third-order valence-electron chi connectivity index (χ3n) is 4.64. The number of amides is 1. The molecule has 1 fully saturated rings. The molecule has 1 aliphatic rings. The third-order valence-corrected chi connectivity index (χ3v) is 6.89. The molecule has 2 aromatic carbocycles. The molecular weight excluding hydrogens is 382 g/mol. The normalized spacial score (nSPS) is 15.3. The second-order valence-corrected chi connectivity index (χ2v) is 9.50. The van der Waals surface area contributed by atoms with Gasteiger partial charge in [0.25, 0.3) is 5.91 Å². The molecule has 1 aromatic heterocycles. The average Bonchev–Trinajstić information content (AvgIpc) is 3.11. The van der Waals surface area contributed by atoms with Gasteiger partial charge >= 0.3 is 0 Å². The van der Waals surface area contributed by atoms with E-state index in [9.17, 15) is 13.2 Å². The van der Waals surface area contributed by atoms with E-state index >= 15 is 0 Å². The minimum absolute atomic E-state index is 0.0867. The summed E-state index contributed by atoms with van der Waals surface area (Å²) in [5.74, 6) is -0.236. The van der Waals surface area contributed by atoms with E-state index in [1.165, 1.54) is 6.07 Å². The lowest BCUT2D eigenvalue weighted by molar-refractivity contribution is 0.0743. The van der Waals surface area contributed by atoms with Gasteiger partial charge in [0.1, 0.15) is 0 Å². The molecule has 0 spiro atoms. The number of anilines is 1. The van der Waals surface area contributed by atoms with Crippen LogP contribution < -0.4 is 4.90 Å². The Balaban J connectivity index is 1.50. The Labute approximate surface area is 162 Å². The van der Waals surface area contributed by atoms with Crippen molar-refractivity contribution >= 4 is 42.4 Å². The Morgan fingerprint density at radius 1 is 1.00 bits per heavy atom. The number of carbonyl (C=O) groups excluding carboxylic acids is 1. The lowest BCUT2D eigenvalue weighted by atomic mass is 10.2. The molecule has 4 rings (SSSR count). The summed E-state index contributed by atoms with van der Waals surface area (Å²) >= 11 is 1.65. The molecule has 1 amide bonds. The van der Waals surface area contributed by atoms with Gasteiger partial charge in [-0.1, -0.05) is 35.6 Å². The number of aromatic nitrogens is 1. The molecule has 0 bridgehead atoms. The molecule has 8 heteroatoms. The van der Waals surface area contributed by atoms with Gasteiger partial charge in [-0.15, -0.1) is 0 Å². The summed E-state index contributed by atoms with van der Waals surface area (Å²) < 4.78 is 25.1. The van der Waals surface area contributed by atoms with Crippen LogP contribution >= 0.6 is 11.3 Å². The highest BCUT2D eigenvalue weighted by molar-refractivity contribution is 7.90. The number of rotatable bonds is 3. The van der Waals surface area contributed by atoms with Gasteiger partial charge < -0.3 is 9.80 Å². The lowest BCUT2D eigenvalue weighted by Crippen LogP contribution is -2.49. The van der Waals surface area contributed by atoms with Crippen molar-refractivity contribution in [1.29, 1.82) is 0 Å². The second kappa shape index (κ2) is 6.94. The SMILES string of the molecule is CS(=O)(=O)c1ccccc1C(=O)N1CCN(c2nc3ccccc3s2)CC1. The van der Waals surface area contributed by atoms with E-state index in [-0.39, 0.29) is 16.4 Å². The molecular formula is C19H19N3O3S2. The van der Waals surface area contributed by atoms with Crippen LogP contribution in [-0.4, -0.2) is 56.6 Å². The number of thiazole rings is 1. The molecule has 0 atom stereocenters. The maximum atomic E-state index is 12.9. The molecule has 0 saturated carbocycles. The van der Waals surface area contributed by atoms with Crippen molar-refractivity contribution in [2.24, 2.45) is 0 Å². The van der Waals surface area contributed by atoms with Crippen LogP contribution in [0.15, 0.2) is 53.4 Å². The Morgan fingerprint density at radius 3 is 2.37 bits per heavy atom. The van der Waals surface area contributed by atoms with E-state index in [4.69, 9.17) is 0 Å². The summed E-state index contributed by atoms with van der Waals surface area (Å²) in [5, 5.41) is 0.958. The number of carbonyl (C=O) groups is 1. The van der Waals surface area contributed by atoms with Gasteiger partial charge in [-0.05, 0) is 24.3 Å². The third kappa shape index (κ3) is 3.54. The number of para-hydroxylation sites is 1. The number of hydrogen-bond donors (Lipinski definition) is 0. The maximum absolute atomic E-state index is 12.9. The number of nitrogens with zero attached hydrogens (tertiary/aromatic N) is 3. The van der Waals surface area contributed by atoms with Crippen LogP contribution in [0, 0.1) is 0 Å². The monoisotopic (exact) mass is 401 g/mol. The smallest absolute Gasteiger partial charge is 0.255 e. The van der Waals surface area contributed by atoms with Gasteiger partial charge in [-0.2, -0.15) is 0 Å². The molecule has 140 valence electrons. The van der Waals surface area contributed by atoms with Crippen LogP contribution in [0.4, 0.5) is 5.13 Å². The minimum Gasteiger partial charge on any atom is -0.345 e. The Kier molecular flexibility index (Phi) is 4.61. The van der Waals surface area contributed by atoms with Crippen molar-refractivity contribution in [3.05, 3.63) is 54.1 Å². The van der Waals surface area contributed by atoms with Gasteiger partial charge in [0.2, 0.25) is 0 Å². The predicted octanol–water partition coefficient (Wildman–Crippen LogP) is 2.66. The summed E-state index contributed by atoms with van der Waals surface area (Å²) in [6, 6.07) is 14.4. The van der Waals surface area contributed by atoms with Gasteiger partial charge in [0, 0.05) is 32.4 Å². The molecule has 6 nitrogen and oxygen atoms in total. The van der Waals surface area contributed by atoms with Gasteiger partial charge in [0.05, 0.1) is 20.7 Å². The summed E-state index contributed by atoms with van der Waals surface area (Å²) in [5.41, 5.74) is 1.23. The van der Waals surface area contributed by atoms with Crippen molar-refractivity contribution < 1.29 is 13.2 Å². The molecule has 0 N–H and O–H groups in total. The van der Waals surface area contributed by atoms with Gasteiger partial charge in [0.15, 0.2) is 15.0 Å². The number of benzene rings is 2. The molecule has 0 aliphatic carbocycles. The first kappa shape index (κ1) is 17.9. The Morgan fingerprint density at radius 2 is 1.67 bits per heavy atom. The molecule has 0 radical (unpaired) electrons. The molecule has 3 aromatic rings. The molecule has 1 saturated heterocycles. The van der Waals surface area contributed by atoms with Crippen LogP contribution in [0.2, 0.25) is 0 Å². The zero-order valence-corrected chi connectivity index (χ0v) is 16.5. The zero-order chi connectivity index (χ0) is 19.0. The Hall–Kier alpha value is -2.45. The highest BCUT2D eigenvalue weighted by Gasteiger charge is 2.27. The van der Waals surface area contributed by atoms with Crippen molar-refractivity contribution in [1.82, 2.24) is 9.88 Å². The van der Waals surface area contributed by atoms with Gasteiger partial charge in [-0.3, -0.25) is 4.79 Å². The van der Waals surface area contributed by atoms with Crippen molar-refractivity contribution in [2.75, 3.05) is 37.3 Å². The molecule has 27 heavy (non-hydrogen) atoms. The summed E-state index contributed by atoms with van der Waals surface area (Å²) in [6.45, 7) is 2.42. The van der Waals surface area contributed by atoms with E-state index in [0.29, 0.717) is 26.2 Å². The first-order valence-electron chi connectivity index (χ1n) is 8.62. The van der Waals surface area contributed by atoms with Crippen LogP contribution in [0.5, 0.6) is 0 Å². The quantitative estimate of drug-likeness (QED) is 0.675. The first-order chi connectivity index (χ1) is 12.9. The molecule has 2 heterocycles. The number of sulfone groups is 1. The predicted molar refractivity (Wildman–Crippen MR) is 107 cm³/mol. The zero-order valence-electron chi connectivity index (χ0n) is 14.8. The fourth-order valence-corrected chi connectivity index (χ4v) is 5.13. The van der Waals surface area contributed by atoms with Crippen molar-refractivity contribution in [3.63, 3.8) is 0 Å². The minimum atomic E-state index is -3.45. The molecule has 1 aliphatic heterocycles. The highest BCUT2D eigenvalue weighted by Crippen LogP contribution is 2.29. The number of hydrogen-bond acceptors (Lipinski definition) is 6. The van der Waals surface area contributed by atoms with Crippen molar-refractivity contribution in [3.8, 4) is 0 Å². The fraction of sp³-hybridized carbons (Fsp3) is 0.263. The van der Waals surface area contributed by atoms with Crippen LogP contribution in [0.3, 0.4) is 0 Å². The fourth-order valence-electron chi connectivity index (χ4n) is 3.23. The van der Waals surface area contributed by atoms with Crippen LogP contribution in [0.25, 0.3) is 10.2 Å². The summed E-state index contributed by atoms with van der Waals surface area (Å²) in [4.78, 5) is 21.5. The van der Waals surface area contributed by atoms with E-state index in [1.54, 1.807) is 34.4 Å². The Bertz CT molecular complexity index is 1070. The number of fused-ring (bicyclic) bond motifs is 1. The summed E-state index contributed by atoms with van der Waals surface area (Å²) in [6.07, 6.45) is 1.13. The topological polar surface area (TPSA) is 70.6 Å². The number of piperazine rings is 1. The lowest BCUT2D eigenvalue weighted by Gasteiger charge is -2.34. The highest BCUT2D eigenvalue weighted by atomic mass is 32.2. The van der Waals surface area contributed by atoms with E-state index in [2.05, 4.69) is 16.0 Å². The van der Waals surface area contributed by atoms with Crippen LogP contribution in [0.1, 0.15) is 10.4 Å². The first-order valence-corrected chi connectivity index (χ1v) is 11.3. The maximum Gasteiger partial charge on any atom is 0.255 e. The van der Waals surface area contributed by atoms with E-state index in [0.717, 1.165) is 21.6 Å². The van der Waals surface area contributed by atoms with Crippen LogP contribution in [-0.2, 0) is 9.84 Å². The van der Waals surface area contributed by atoms with Gasteiger partial charge in [-0.25, -0.2) is 13.4 Å². The van der Waals surface area contributed by atoms with E-state index < -0.39 is 9.84 Å². The largest absolute Gasteiger partial charge is 0.345 e. The molecule has 0 unspecified atom stereocenters. The van der Waals surface area contributed by atoms with Crippen molar-refractivity contribution in [2.45, 2.75) is 4.90 Å².